The molecule has 0 radical (unpaired) electrons. The van der Waals surface area contributed by atoms with E-state index < -0.39 is 36.2 Å². The molecule has 7 N–H and O–H groups in total. The molecule has 0 bridgehead atoms. The van der Waals surface area contributed by atoms with Crippen molar-refractivity contribution < 1.29 is 29.7 Å². The monoisotopic (exact) mass is 297 g/mol. The molecule has 0 saturated heterocycles. The molecule has 9 nitrogen and oxygen atoms in total. The van der Waals surface area contributed by atoms with Gasteiger partial charge in [0, 0.05) is 6.42 Å². The highest BCUT2D eigenvalue weighted by Crippen LogP contribution is 2.25. The van der Waals surface area contributed by atoms with E-state index in [1.807, 2.05) is 0 Å². The number of carbonyl (C=O) groups excluding carboxylic acids is 2. The molecule has 0 spiro atoms. The zero-order chi connectivity index (χ0) is 16.0. The van der Waals surface area contributed by atoms with Crippen LogP contribution in [0, 0.1) is 0 Å². The van der Waals surface area contributed by atoms with Crippen molar-refractivity contribution in [3.8, 4) is 11.5 Å². The molecule has 21 heavy (non-hydrogen) atoms. The number of nitrogens with one attached hydrogen (secondary N) is 2. The fourth-order valence-corrected chi connectivity index (χ4v) is 1.51. The Bertz CT molecular complexity index is 560. The minimum absolute atomic E-state index is 0.118. The Labute approximate surface area is 119 Å². The largest absolute Gasteiger partial charge is 0.504 e. The number of phenolic OH excluding ortho intramolecular Hbond substituents is 2. The molecule has 0 aliphatic heterocycles. The molecule has 1 aromatic rings. The number of hydrogen-bond donors (Lipinski definition) is 6. The number of urea groups is 1. The van der Waals surface area contributed by atoms with Crippen molar-refractivity contribution in [2.75, 3.05) is 6.54 Å². The summed E-state index contributed by atoms with van der Waals surface area (Å²) in [7, 11) is 0. The lowest BCUT2D eigenvalue weighted by atomic mass is 10.1. The summed E-state index contributed by atoms with van der Waals surface area (Å²) in [5, 5.41) is 31.8. The van der Waals surface area contributed by atoms with E-state index in [-0.39, 0.29) is 12.2 Å². The van der Waals surface area contributed by atoms with Crippen LogP contribution >= 0.6 is 0 Å². The Balaban J connectivity index is 2.69. The van der Waals surface area contributed by atoms with Crippen molar-refractivity contribution >= 4 is 17.9 Å². The van der Waals surface area contributed by atoms with Crippen LogP contribution in [0.4, 0.5) is 4.79 Å². The van der Waals surface area contributed by atoms with Gasteiger partial charge in [-0.2, -0.15) is 0 Å². The van der Waals surface area contributed by atoms with E-state index in [0.717, 1.165) is 0 Å². The zero-order valence-corrected chi connectivity index (χ0v) is 10.9. The van der Waals surface area contributed by atoms with Gasteiger partial charge in [-0.3, -0.25) is 4.79 Å². The van der Waals surface area contributed by atoms with Gasteiger partial charge < -0.3 is 31.7 Å². The third-order valence-electron chi connectivity index (χ3n) is 2.51. The average Bonchev–Trinajstić information content (AvgIpc) is 2.39. The Morgan fingerprint density at radius 1 is 1.19 bits per heavy atom. The van der Waals surface area contributed by atoms with Crippen molar-refractivity contribution in [2.45, 2.75) is 12.5 Å². The number of rotatable bonds is 6. The smallest absolute Gasteiger partial charge is 0.326 e. The van der Waals surface area contributed by atoms with Crippen molar-refractivity contribution in [1.82, 2.24) is 10.6 Å². The van der Waals surface area contributed by atoms with Gasteiger partial charge in [0.15, 0.2) is 11.5 Å². The average molecular weight is 297 g/mol. The lowest BCUT2D eigenvalue weighted by Crippen LogP contribution is -2.48. The summed E-state index contributed by atoms with van der Waals surface area (Å²) in [4.78, 5) is 33.0. The number of amides is 3. The van der Waals surface area contributed by atoms with Gasteiger partial charge in [-0.25, -0.2) is 9.59 Å². The summed E-state index contributed by atoms with van der Waals surface area (Å²) < 4.78 is 0. The first-order valence-corrected chi connectivity index (χ1v) is 5.86. The molecule has 0 fully saturated rings. The van der Waals surface area contributed by atoms with E-state index in [2.05, 4.69) is 10.6 Å². The number of aromatic hydroxyl groups is 2. The maximum atomic E-state index is 11.4. The summed E-state index contributed by atoms with van der Waals surface area (Å²) in [5.41, 5.74) is 5.23. The van der Waals surface area contributed by atoms with Crippen LogP contribution in [0.25, 0.3) is 0 Å². The summed E-state index contributed by atoms with van der Waals surface area (Å²) in [6.45, 7) is -0.418. The number of carboxylic acids is 1. The van der Waals surface area contributed by atoms with Crippen LogP contribution < -0.4 is 16.4 Å². The van der Waals surface area contributed by atoms with E-state index in [4.69, 9.17) is 15.9 Å². The van der Waals surface area contributed by atoms with Crippen LogP contribution in [0.15, 0.2) is 18.2 Å². The van der Waals surface area contributed by atoms with Crippen molar-refractivity contribution in [2.24, 2.45) is 5.73 Å². The van der Waals surface area contributed by atoms with E-state index in [9.17, 15) is 19.5 Å². The predicted molar refractivity (Wildman–Crippen MR) is 70.6 cm³/mol. The number of aliphatic carboxylic acids is 1. The topological polar surface area (TPSA) is 162 Å². The molecule has 0 heterocycles. The summed E-state index contributed by atoms with van der Waals surface area (Å²) in [5.74, 6) is -2.79. The molecular formula is C12H15N3O6. The van der Waals surface area contributed by atoms with Gasteiger partial charge in [0.2, 0.25) is 5.91 Å². The number of phenols is 2. The fourth-order valence-electron chi connectivity index (χ4n) is 1.51. The first-order valence-electron chi connectivity index (χ1n) is 5.86. The van der Waals surface area contributed by atoms with Crippen LogP contribution in [0.1, 0.15) is 5.56 Å². The van der Waals surface area contributed by atoms with Crippen LogP contribution in [-0.4, -0.2) is 45.8 Å². The molecule has 0 aliphatic rings. The second-order valence-electron chi connectivity index (χ2n) is 4.21. The number of hydrogen-bond acceptors (Lipinski definition) is 5. The van der Waals surface area contributed by atoms with Crippen molar-refractivity contribution in [1.29, 1.82) is 0 Å². The molecule has 3 amide bonds. The summed E-state index contributed by atoms with van der Waals surface area (Å²) in [6.07, 6.45) is -0.118. The Hall–Kier alpha value is -2.97. The maximum absolute atomic E-state index is 11.4. The van der Waals surface area contributed by atoms with Crippen LogP contribution in [0.5, 0.6) is 11.5 Å². The normalized spacial score (nSPS) is 11.4. The lowest BCUT2D eigenvalue weighted by molar-refractivity contribution is -0.139. The first-order chi connectivity index (χ1) is 9.79. The van der Waals surface area contributed by atoms with Gasteiger partial charge >= 0.3 is 12.0 Å². The highest BCUT2D eigenvalue weighted by Gasteiger charge is 2.21. The van der Waals surface area contributed by atoms with Crippen LogP contribution in [0.3, 0.4) is 0 Å². The standard InChI is InChI=1S/C12H15N3O6/c13-10(18)5-14-12(21)15-7(11(19)20)3-6-1-2-8(16)9(17)4-6/h1-2,4,7,16-17H,3,5H2,(H2,13,18)(H,19,20)(H2,14,15,21). The van der Waals surface area contributed by atoms with Gasteiger partial charge in [0.05, 0.1) is 6.54 Å². The zero-order valence-electron chi connectivity index (χ0n) is 10.9. The quantitative estimate of drug-likeness (QED) is 0.364. The van der Waals surface area contributed by atoms with Crippen molar-refractivity contribution in [3.63, 3.8) is 0 Å². The molecule has 1 unspecified atom stereocenters. The van der Waals surface area contributed by atoms with Gasteiger partial charge in [0.1, 0.15) is 6.04 Å². The lowest BCUT2D eigenvalue weighted by Gasteiger charge is -2.15. The number of carboxylic acid groups (broad SMARTS) is 1. The van der Waals surface area contributed by atoms with Gasteiger partial charge in [-0.1, -0.05) is 6.07 Å². The molecule has 0 aromatic heterocycles. The first kappa shape index (κ1) is 16.1. The van der Waals surface area contributed by atoms with Gasteiger partial charge in [-0.15, -0.1) is 0 Å². The van der Waals surface area contributed by atoms with E-state index in [1.165, 1.54) is 18.2 Å². The SMILES string of the molecule is NC(=O)CNC(=O)NC(Cc1ccc(O)c(O)c1)C(=O)O. The van der Waals surface area contributed by atoms with Gasteiger partial charge in [-0.05, 0) is 17.7 Å². The maximum Gasteiger partial charge on any atom is 0.326 e. The fraction of sp³-hybridized carbons (Fsp3) is 0.250. The molecule has 1 rings (SSSR count). The van der Waals surface area contributed by atoms with E-state index >= 15 is 0 Å². The Kier molecular flexibility index (Phi) is 5.35. The molecule has 114 valence electrons. The number of carbonyl (C=O) groups is 3. The summed E-state index contributed by atoms with van der Waals surface area (Å²) >= 11 is 0. The second-order valence-corrected chi connectivity index (χ2v) is 4.21. The Morgan fingerprint density at radius 3 is 2.38 bits per heavy atom. The van der Waals surface area contributed by atoms with E-state index in [0.29, 0.717) is 5.56 Å². The second kappa shape index (κ2) is 6.98. The number of nitrogens with two attached hydrogens (primary N) is 1. The number of benzene rings is 1. The van der Waals surface area contributed by atoms with Gasteiger partial charge in [0.25, 0.3) is 0 Å². The minimum Gasteiger partial charge on any atom is -0.504 e. The third-order valence-corrected chi connectivity index (χ3v) is 2.51. The van der Waals surface area contributed by atoms with E-state index in [1.54, 1.807) is 0 Å². The Morgan fingerprint density at radius 2 is 1.86 bits per heavy atom. The van der Waals surface area contributed by atoms with Crippen molar-refractivity contribution in [3.05, 3.63) is 23.8 Å². The molecule has 9 heteroatoms. The summed E-state index contributed by atoms with van der Waals surface area (Å²) in [6, 6.07) is 1.67. The predicted octanol–water partition coefficient (Wildman–Crippen LogP) is -1.12. The molecule has 1 aromatic carbocycles. The van der Waals surface area contributed by atoms with Crippen LogP contribution in [0.2, 0.25) is 0 Å². The molecular weight excluding hydrogens is 282 g/mol. The van der Waals surface area contributed by atoms with Crippen LogP contribution in [-0.2, 0) is 16.0 Å². The number of primary amides is 1. The molecule has 0 saturated carbocycles. The molecule has 1 atom stereocenters. The highest BCUT2D eigenvalue weighted by molar-refractivity contribution is 5.86. The minimum atomic E-state index is -1.29. The molecule has 0 aliphatic carbocycles. The third kappa shape index (κ3) is 5.27. The highest BCUT2D eigenvalue weighted by atomic mass is 16.4.